The second-order valence-electron chi connectivity index (χ2n) is 4.69. The van der Waals surface area contributed by atoms with Crippen molar-refractivity contribution in [2.45, 2.75) is 19.5 Å². The summed E-state index contributed by atoms with van der Waals surface area (Å²) in [6, 6.07) is 6.91. The first-order valence-electron chi connectivity index (χ1n) is 6.40. The van der Waals surface area contributed by atoms with E-state index in [1.807, 2.05) is 0 Å². The predicted octanol–water partition coefficient (Wildman–Crippen LogP) is 1.44. The number of nitrogens with one attached hydrogen (secondary N) is 2. The number of hydrogen-bond donors (Lipinski definition) is 3. The summed E-state index contributed by atoms with van der Waals surface area (Å²) >= 11 is 0. The minimum atomic E-state index is -0.966. The van der Waals surface area contributed by atoms with Crippen molar-refractivity contribution in [1.29, 1.82) is 0 Å². The molecule has 0 saturated carbocycles. The SMILES string of the molecule is Cc1cc(O)c(CNC(C([NH])=O)c2ccccc2O)cn1. The first-order chi connectivity index (χ1) is 9.99. The summed E-state index contributed by atoms with van der Waals surface area (Å²) in [5, 5.41) is 22.4. The van der Waals surface area contributed by atoms with Gasteiger partial charge in [0.05, 0.1) is 0 Å². The van der Waals surface area contributed by atoms with Crippen molar-refractivity contribution in [2.75, 3.05) is 0 Å². The van der Waals surface area contributed by atoms with E-state index in [4.69, 9.17) is 5.73 Å². The predicted molar refractivity (Wildman–Crippen MR) is 76.4 cm³/mol. The fourth-order valence-corrected chi connectivity index (χ4v) is 2.00. The standard InChI is InChI=1S/C15H16N3O3/c1-9-6-13(20)10(7-17-9)8-18-14(15(16)21)11-4-2-3-5-12(11)19/h2-7,14,16,18-19H,8H2,1H3,(H,17,20). The number of phenolic OH excluding ortho intramolecular Hbond substituents is 1. The maximum Gasteiger partial charge on any atom is 0.260 e. The van der Waals surface area contributed by atoms with Gasteiger partial charge in [-0.3, -0.25) is 20.8 Å². The van der Waals surface area contributed by atoms with Crippen LogP contribution in [0.25, 0.3) is 0 Å². The number of rotatable bonds is 5. The summed E-state index contributed by atoms with van der Waals surface area (Å²) in [5.74, 6) is -0.846. The molecule has 0 fully saturated rings. The highest BCUT2D eigenvalue weighted by molar-refractivity contribution is 5.81. The lowest BCUT2D eigenvalue weighted by Crippen LogP contribution is -2.29. The third-order valence-corrected chi connectivity index (χ3v) is 3.11. The molecule has 1 radical (unpaired) electrons. The van der Waals surface area contributed by atoms with Crippen LogP contribution in [0.1, 0.15) is 22.9 Å². The minimum absolute atomic E-state index is 0.0538. The van der Waals surface area contributed by atoms with E-state index in [1.165, 1.54) is 18.3 Å². The summed E-state index contributed by atoms with van der Waals surface area (Å²) < 4.78 is 0. The number of aromatic nitrogens is 1. The van der Waals surface area contributed by atoms with Gasteiger partial charge in [-0.25, -0.2) is 0 Å². The summed E-state index contributed by atoms with van der Waals surface area (Å²) in [7, 11) is 0. The van der Waals surface area contributed by atoms with Crippen LogP contribution in [0.5, 0.6) is 11.5 Å². The Bertz CT molecular complexity index is 658. The number of nitrogens with zero attached hydrogens (tertiary/aromatic N) is 1. The first-order valence-corrected chi connectivity index (χ1v) is 6.40. The Morgan fingerprint density at radius 2 is 2.05 bits per heavy atom. The van der Waals surface area contributed by atoms with Crippen LogP contribution >= 0.6 is 0 Å². The molecule has 1 atom stereocenters. The molecule has 109 valence electrons. The van der Waals surface area contributed by atoms with E-state index in [-0.39, 0.29) is 18.0 Å². The molecule has 2 rings (SSSR count). The third kappa shape index (κ3) is 3.49. The third-order valence-electron chi connectivity index (χ3n) is 3.11. The molecule has 2 aromatic rings. The molecule has 1 amide bonds. The summed E-state index contributed by atoms with van der Waals surface area (Å²) in [5.41, 5.74) is 8.86. The van der Waals surface area contributed by atoms with Crippen molar-refractivity contribution in [3.63, 3.8) is 0 Å². The van der Waals surface area contributed by atoms with Gasteiger partial charge in [0.1, 0.15) is 17.5 Å². The molecule has 1 heterocycles. The Morgan fingerprint density at radius 1 is 1.33 bits per heavy atom. The molecule has 1 aromatic heterocycles. The molecule has 1 unspecified atom stereocenters. The highest BCUT2D eigenvalue weighted by Gasteiger charge is 2.21. The van der Waals surface area contributed by atoms with Crippen LogP contribution in [0, 0.1) is 6.92 Å². The van der Waals surface area contributed by atoms with E-state index < -0.39 is 11.9 Å². The van der Waals surface area contributed by atoms with Crippen molar-refractivity contribution in [3.8, 4) is 11.5 Å². The molecule has 0 saturated heterocycles. The monoisotopic (exact) mass is 286 g/mol. The molecule has 0 bridgehead atoms. The smallest absolute Gasteiger partial charge is 0.260 e. The van der Waals surface area contributed by atoms with Crippen LogP contribution < -0.4 is 11.1 Å². The fourth-order valence-electron chi connectivity index (χ4n) is 2.00. The average Bonchev–Trinajstić information content (AvgIpc) is 2.42. The molecule has 0 spiro atoms. The Hall–Kier alpha value is -2.60. The maximum atomic E-state index is 11.5. The van der Waals surface area contributed by atoms with E-state index in [0.717, 1.165) is 0 Å². The Kier molecular flexibility index (Phi) is 4.39. The Labute approximate surface area is 122 Å². The Morgan fingerprint density at radius 3 is 2.67 bits per heavy atom. The number of hydrogen-bond acceptors (Lipinski definition) is 5. The lowest BCUT2D eigenvalue weighted by Gasteiger charge is -2.17. The number of para-hydroxylation sites is 1. The van der Waals surface area contributed by atoms with Crippen molar-refractivity contribution >= 4 is 5.91 Å². The van der Waals surface area contributed by atoms with E-state index in [1.54, 1.807) is 25.1 Å². The number of carbonyl (C=O) groups excluding carboxylic acids is 1. The number of pyridine rings is 1. The largest absolute Gasteiger partial charge is 0.508 e. The van der Waals surface area contributed by atoms with E-state index in [0.29, 0.717) is 16.8 Å². The molecule has 21 heavy (non-hydrogen) atoms. The highest BCUT2D eigenvalue weighted by atomic mass is 16.3. The first kappa shape index (κ1) is 14.8. The van der Waals surface area contributed by atoms with Gasteiger partial charge in [-0.2, -0.15) is 0 Å². The second kappa shape index (κ2) is 6.23. The minimum Gasteiger partial charge on any atom is -0.508 e. The number of aryl methyl sites for hydroxylation is 1. The van der Waals surface area contributed by atoms with Crippen LogP contribution in [0.3, 0.4) is 0 Å². The van der Waals surface area contributed by atoms with Crippen LogP contribution in [0.15, 0.2) is 36.5 Å². The molecule has 0 aliphatic carbocycles. The van der Waals surface area contributed by atoms with Crippen LogP contribution in [-0.2, 0) is 11.3 Å². The normalized spacial score (nSPS) is 12.0. The molecule has 0 aliphatic rings. The molecule has 4 N–H and O–H groups in total. The molecule has 6 nitrogen and oxygen atoms in total. The second-order valence-corrected chi connectivity index (χ2v) is 4.69. The van der Waals surface area contributed by atoms with E-state index >= 15 is 0 Å². The molecular formula is C15H16N3O3. The molecule has 6 heteroatoms. The van der Waals surface area contributed by atoms with Crippen molar-refractivity contribution < 1.29 is 15.0 Å². The number of phenols is 1. The van der Waals surface area contributed by atoms with Gasteiger partial charge in [-0.05, 0) is 13.0 Å². The van der Waals surface area contributed by atoms with Gasteiger partial charge >= 0.3 is 0 Å². The van der Waals surface area contributed by atoms with Gasteiger partial charge < -0.3 is 10.2 Å². The lowest BCUT2D eigenvalue weighted by molar-refractivity contribution is -0.120. The number of carbonyl (C=O) groups is 1. The molecule has 1 aromatic carbocycles. The van der Waals surface area contributed by atoms with E-state index in [9.17, 15) is 15.0 Å². The van der Waals surface area contributed by atoms with Gasteiger partial charge in [0, 0.05) is 35.6 Å². The van der Waals surface area contributed by atoms with Gasteiger partial charge in [0.25, 0.3) is 5.91 Å². The summed E-state index contributed by atoms with van der Waals surface area (Å²) in [4.78, 5) is 15.5. The number of aromatic hydroxyl groups is 2. The van der Waals surface area contributed by atoms with E-state index in [2.05, 4.69) is 10.3 Å². The van der Waals surface area contributed by atoms with Crippen molar-refractivity contribution in [1.82, 2.24) is 16.0 Å². The van der Waals surface area contributed by atoms with Gasteiger partial charge in [0.15, 0.2) is 0 Å². The van der Waals surface area contributed by atoms with Crippen molar-refractivity contribution in [2.24, 2.45) is 0 Å². The lowest BCUT2D eigenvalue weighted by atomic mass is 10.0. The topological polar surface area (TPSA) is 106 Å². The van der Waals surface area contributed by atoms with Crippen LogP contribution in [0.4, 0.5) is 0 Å². The summed E-state index contributed by atoms with van der Waals surface area (Å²) in [6.07, 6.45) is 1.51. The number of amides is 1. The average molecular weight is 286 g/mol. The molecule has 0 aliphatic heterocycles. The van der Waals surface area contributed by atoms with Crippen LogP contribution in [0.2, 0.25) is 0 Å². The van der Waals surface area contributed by atoms with Crippen LogP contribution in [-0.4, -0.2) is 21.1 Å². The quantitative estimate of drug-likeness (QED) is 0.771. The molecular weight excluding hydrogens is 270 g/mol. The zero-order valence-electron chi connectivity index (χ0n) is 11.5. The number of benzene rings is 1. The maximum absolute atomic E-state index is 11.5. The van der Waals surface area contributed by atoms with Gasteiger partial charge in [-0.15, -0.1) is 0 Å². The highest BCUT2D eigenvalue weighted by Crippen LogP contribution is 2.25. The fraction of sp³-hybridized carbons (Fsp3) is 0.200. The summed E-state index contributed by atoms with van der Waals surface area (Å²) in [6.45, 7) is 1.91. The van der Waals surface area contributed by atoms with Gasteiger partial charge in [-0.1, -0.05) is 18.2 Å². The zero-order valence-corrected chi connectivity index (χ0v) is 11.5. The van der Waals surface area contributed by atoms with Gasteiger partial charge in [0.2, 0.25) is 0 Å². The zero-order chi connectivity index (χ0) is 15.4. The van der Waals surface area contributed by atoms with Crippen molar-refractivity contribution in [3.05, 3.63) is 53.3 Å². The Balaban J connectivity index is 2.18.